The summed E-state index contributed by atoms with van der Waals surface area (Å²) in [5.74, 6) is 1.68. The van der Waals surface area contributed by atoms with Crippen LogP contribution in [0.4, 0.5) is 0 Å². The van der Waals surface area contributed by atoms with Crippen molar-refractivity contribution in [2.45, 2.75) is 57.5 Å². The molecule has 6 heteroatoms. The molecule has 4 aliphatic rings. The zero-order valence-electron chi connectivity index (χ0n) is 15.6. The summed E-state index contributed by atoms with van der Waals surface area (Å²) < 4.78 is 10.9. The van der Waals surface area contributed by atoms with E-state index in [1.165, 1.54) is 24.8 Å². The standard InChI is InChI=1S/C21H26N2O4/c24-20-10-16(12-23(20)17-4-2-1-3-5-17)21(25)22-7-6-14-8-18-19(27-13-26-18)9-15(14)11-22/h8-9,16-17H,1-7,10-13H2. The molecule has 0 N–H and O–H groups in total. The van der Waals surface area contributed by atoms with Gasteiger partial charge in [0, 0.05) is 32.1 Å². The van der Waals surface area contributed by atoms with Crippen LogP contribution in [-0.4, -0.2) is 47.5 Å². The Bertz CT molecular complexity index is 772. The van der Waals surface area contributed by atoms with Crippen LogP contribution in [0.25, 0.3) is 0 Å². The van der Waals surface area contributed by atoms with Crippen molar-refractivity contribution in [2.24, 2.45) is 5.92 Å². The van der Waals surface area contributed by atoms with Gasteiger partial charge in [0.25, 0.3) is 0 Å². The maximum atomic E-state index is 13.1. The molecule has 0 radical (unpaired) electrons. The first-order valence-corrected chi connectivity index (χ1v) is 10.2. The van der Waals surface area contributed by atoms with E-state index in [-0.39, 0.29) is 24.5 Å². The maximum absolute atomic E-state index is 13.1. The lowest BCUT2D eigenvalue weighted by atomic mass is 9.94. The zero-order valence-corrected chi connectivity index (χ0v) is 15.6. The topological polar surface area (TPSA) is 59.1 Å². The normalized spacial score (nSPS) is 25.0. The van der Waals surface area contributed by atoms with Crippen molar-refractivity contribution >= 4 is 11.8 Å². The number of carbonyl (C=O) groups is 2. The monoisotopic (exact) mass is 370 g/mol. The van der Waals surface area contributed by atoms with E-state index in [0.29, 0.717) is 32.1 Å². The molecule has 1 aromatic carbocycles. The SMILES string of the molecule is O=C(C1CC(=O)N(C2CCCCC2)C1)N1CCc2cc3c(cc2C1)OCO3. The van der Waals surface area contributed by atoms with E-state index in [9.17, 15) is 9.59 Å². The lowest BCUT2D eigenvalue weighted by Gasteiger charge is -2.33. The second-order valence-corrected chi connectivity index (χ2v) is 8.22. The third kappa shape index (κ3) is 3.05. The molecule has 5 rings (SSSR count). The number of ether oxygens (including phenoxy) is 2. The first-order chi connectivity index (χ1) is 13.2. The molecular formula is C21H26N2O4. The number of benzene rings is 1. The number of nitrogens with zero attached hydrogens (tertiary/aromatic N) is 2. The summed E-state index contributed by atoms with van der Waals surface area (Å²) in [5.41, 5.74) is 2.36. The summed E-state index contributed by atoms with van der Waals surface area (Å²) in [4.78, 5) is 29.6. The smallest absolute Gasteiger partial charge is 0.231 e. The minimum absolute atomic E-state index is 0.130. The molecule has 1 unspecified atom stereocenters. The molecule has 144 valence electrons. The second-order valence-electron chi connectivity index (χ2n) is 8.22. The molecule has 2 fully saturated rings. The largest absolute Gasteiger partial charge is 0.454 e. The van der Waals surface area contributed by atoms with E-state index >= 15 is 0 Å². The van der Waals surface area contributed by atoms with Crippen molar-refractivity contribution in [3.8, 4) is 11.5 Å². The van der Waals surface area contributed by atoms with Gasteiger partial charge in [-0.05, 0) is 42.5 Å². The number of rotatable bonds is 2. The minimum Gasteiger partial charge on any atom is -0.454 e. The zero-order chi connectivity index (χ0) is 18.4. The predicted molar refractivity (Wildman–Crippen MR) is 98.4 cm³/mol. The molecular weight excluding hydrogens is 344 g/mol. The van der Waals surface area contributed by atoms with Crippen LogP contribution in [-0.2, 0) is 22.6 Å². The molecule has 0 bridgehead atoms. The van der Waals surface area contributed by atoms with Crippen LogP contribution in [0.15, 0.2) is 12.1 Å². The van der Waals surface area contributed by atoms with Crippen molar-refractivity contribution in [3.63, 3.8) is 0 Å². The maximum Gasteiger partial charge on any atom is 0.231 e. The molecule has 0 aromatic heterocycles. The van der Waals surface area contributed by atoms with Crippen LogP contribution >= 0.6 is 0 Å². The molecule has 0 spiro atoms. The van der Waals surface area contributed by atoms with Gasteiger partial charge in [-0.2, -0.15) is 0 Å². The summed E-state index contributed by atoms with van der Waals surface area (Å²) in [5, 5.41) is 0. The summed E-state index contributed by atoms with van der Waals surface area (Å²) in [7, 11) is 0. The van der Waals surface area contributed by atoms with Gasteiger partial charge in [-0.3, -0.25) is 9.59 Å². The molecule has 6 nitrogen and oxygen atoms in total. The summed E-state index contributed by atoms with van der Waals surface area (Å²) in [6.45, 7) is 2.17. The van der Waals surface area contributed by atoms with Gasteiger partial charge >= 0.3 is 0 Å². The summed E-state index contributed by atoms with van der Waals surface area (Å²) in [6, 6.07) is 4.40. The Morgan fingerprint density at radius 3 is 2.56 bits per heavy atom. The number of hydrogen-bond donors (Lipinski definition) is 0. The average Bonchev–Trinajstić information content (AvgIpc) is 3.31. The number of hydrogen-bond acceptors (Lipinski definition) is 4. The highest BCUT2D eigenvalue weighted by Gasteiger charge is 2.40. The Kier molecular flexibility index (Phi) is 4.21. The lowest BCUT2D eigenvalue weighted by Crippen LogP contribution is -2.42. The Balaban J connectivity index is 1.27. The molecule has 1 saturated heterocycles. The van der Waals surface area contributed by atoms with E-state index in [1.54, 1.807) is 0 Å². The predicted octanol–water partition coefficient (Wildman–Crippen LogP) is 2.48. The Hall–Kier alpha value is -2.24. The molecule has 27 heavy (non-hydrogen) atoms. The average molecular weight is 370 g/mol. The molecule has 1 aromatic rings. The van der Waals surface area contributed by atoms with Gasteiger partial charge in [0.15, 0.2) is 11.5 Å². The molecule has 1 saturated carbocycles. The molecule has 2 amide bonds. The third-order valence-corrected chi connectivity index (χ3v) is 6.54. The van der Waals surface area contributed by atoms with Gasteiger partial charge in [-0.25, -0.2) is 0 Å². The van der Waals surface area contributed by atoms with E-state index in [2.05, 4.69) is 0 Å². The van der Waals surface area contributed by atoms with Gasteiger partial charge in [-0.15, -0.1) is 0 Å². The Morgan fingerprint density at radius 2 is 1.78 bits per heavy atom. The van der Waals surface area contributed by atoms with Crippen LogP contribution in [0.2, 0.25) is 0 Å². The van der Waals surface area contributed by atoms with Crippen LogP contribution in [0.5, 0.6) is 11.5 Å². The van der Waals surface area contributed by atoms with Crippen molar-refractivity contribution in [1.82, 2.24) is 9.80 Å². The highest BCUT2D eigenvalue weighted by atomic mass is 16.7. The van der Waals surface area contributed by atoms with Crippen molar-refractivity contribution in [2.75, 3.05) is 19.9 Å². The fourth-order valence-corrected chi connectivity index (χ4v) is 5.04. The van der Waals surface area contributed by atoms with Gasteiger partial charge in [0.1, 0.15) is 0 Å². The molecule has 3 heterocycles. The van der Waals surface area contributed by atoms with Gasteiger partial charge in [0.05, 0.1) is 5.92 Å². The van der Waals surface area contributed by atoms with Crippen molar-refractivity contribution < 1.29 is 19.1 Å². The summed E-state index contributed by atoms with van der Waals surface area (Å²) in [6.07, 6.45) is 7.06. The minimum atomic E-state index is -0.185. The fourth-order valence-electron chi connectivity index (χ4n) is 5.04. The fraction of sp³-hybridized carbons (Fsp3) is 0.619. The first-order valence-electron chi connectivity index (χ1n) is 10.2. The van der Waals surface area contributed by atoms with Crippen molar-refractivity contribution in [1.29, 1.82) is 0 Å². The van der Waals surface area contributed by atoms with Gasteiger partial charge in [-0.1, -0.05) is 19.3 Å². The summed E-state index contributed by atoms with van der Waals surface area (Å²) >= 11 is 0. The number of fused-ring (bicyclic) bond motifs is 2. The third-order valence-electron chi connectivity index (χ3n) is 6.54. The van der Waals surface area contributed by atoms with Crippen LogP contribution in [0, 0.1) is 5.92 Å². The Morgan fingerprint density at radius 1 is 1.04 bits per heavy atom. The quantitative estimate of drug-likeness (QED) is 0.803. The highest BCUT2D eigenvalue weighted by molar-refractivity contribution is 5.89. The van der Waals surface area contributed by atoms with Gasteiger partial charge < -0.3 is 19.3 Å². The first kappa shape index (κ1) is 16.9. The van der Waals surface area contributed by atoms with E-state index in [4.69, 9.17) is 9.47 Å². The van der Waals surface area contributed by atoms with Gasteiger partial charge in [0.2, 0.25) is 18.6 Å². The van der Waals surface area contributed by atoms with E-state index < -0.39 is 0 Å². The number of carbonyl (C=O) groups excluding carboxylic acids is 2. The van der Waals surface area contributed by atoms with Crippen LogP contribution in [0.3, 0.4) is 0 Å². The van der Waals surface area contributed by atoms with E-state index in [1.807, 2.05) is 21.9 Å². The molecule has 1 aliphatic carbocycles. The molecule has 3 aliphatic heterocycles. The number of likely N-dealkylation sites (tertiary alicyclic amines) is 1. The van der Waals surface area contributed by atoms with E-state index in [0.717, 1.165) is 36.3 Å². The Labute approximate surface area is 159 Å². The number of amides is 2. The lowest BCUT2D eigenvalue weighted by molar-refractivity contribution is -0.136. The highest BCUT2D eigenvalue weighted by Crippen LogP contribution is 2.37. The second kappa shape index (κ2) is 6.73. The molecule has 1 atom stereocenters. The van der Waals surface area contributed by atoms with Crippen LogP contribution < -0.4 is 9.47 Å². The van der Waals surface area contributed by atoms with Crippen LogP contribution in [0.1, 0.15) is 49.7 Å². The van der Waals surface area contributed by atoms with Crippen molar-refractivity contribution in [3.05, 3.63) is 23.3 Å².